The van der Waals surface area contributed by atoms with E-state index in [1.54, 1.807) is 46.9 Å². The van der Waals surface area contributed by atoms with Gasteiger partial charge in [-0.3, -0.25) is 0 Å². The number of halogens is 3. The molecule has 0 unspecified atom stereocenters. The number of ether oxygens (including phenoxy) is 1. The summed E-state index contributed by atoms with van der Waals surface area (Å²) >= 11 is 1.64. The monoisotopic (exact) mass is 390 g/mol. The standard InChI is InChI=1S/C13H9F2IN2O2/c14-9-6-10(17-18-19)12(16)11(15)13(9)20-7-8-4-2-1-3-5-8/h1-6H,7H2,(H,17,19). The van der Waals surface area contributed by atoms with Crippen LogP contribution in [0.3, 0.4) is 0 Å². The molecule has 0 aliphatic heterocycles. The molecule has 0 radical (unpaired) electrons. The van der Waals surface area contributed by atoms with Crippen LogP contribution in [-0.4, -0.2) is 0 Å². The average molecular weight is 390 g/mol. The molecule has 2 aromatic rings. The van der Waals surface area contributed by atoms with E-state index in [4.69, 9.17) is 4.74 Å². The molecule has 0 atom stereocenters. The van der Waals surface area contributed by atoms with Crippen molar-refractivity contribution in [3.05, 3.63) is 62.1 Å². The van der Waals surface area contributed by atoms with Crippen LogP contribution in [0.1, 0.15) is 5.56 Å². The highest BCUT2D eigenvalue weighted by atomic mass is 127. The molecule has 0 heterocycles. The minimum absolute atomic E-state index is 0.0339. The first kappa shape index (κ1) is 14.6. The summed E-state index contributed by atoms with van der Waals surface area (Å²) < 4.78 is 33.0. The highest BCUT2D eigenvalue weighted by Gasteiger charge is 2.18. The quantitative estimate of drug-likeness (QED) is 0.360. The molecule has 0 bridgehead atoms. The topological polar surface area (TPSA) is 50.7 Å². The van der Waals surface area contributed by atoms with E-state index in [-0.39, 0.29) is 15.9 Å². The maximum absolute atomic E-state index is 14.0. The van der Waals surface area contributed by atoms with Crippen LogP contribution in [0.25, 0.3) is 0 Å². The number of nitrogens with zero attached hydrogens (tertiary/aromatic N) is 1. The second-order valence-electron chi connectivity index (χ2n) is 3.84. The lowest BCUT2D eigenvalue weighted by molar-refractivity contribution is 0.273. The molecule has 0 aliphatic carbocycles. The molecule has 0 saturated carbocycles. The molecule has 0 fully saturated rings. The Morgan fingerprint density at radius 2 is 1.95 bits per heavy atom. The SMILES string of the molecule is O=NNc1cc(F)c(OCc2ccccc2)c(F)c1I. The third-order valence-corrected chi connectivity index (χ3v) is 3.56. The van der Waals surface area contributed by atoms with Crippen molar-refractivity contribution in [3.8, 4) is 5.75 Å². The van der Waals surface area contributed by atoms with Crippen molar-refractivity contribution in [2.75, 3.05) is 5.43 Å². The summed E-state index contributed by atoms with van der Waals surface area (Å²) in [6, 6.07) is 9.98. The van der Waals surface area contributed by atoms with Gasteiger partial charge in [0.1, 0.15) is 6.61 Å². The van der Waals surface area contributed by atoms with Crippen molar-refractivity contribution in [2.45, 2.75) is 6.61 Å². The zero-order valence-electron chi connectivity index (χ0n) is 10.1. The molecule has 2 rings (SSSR count). The lowest BCUT2D eigenvalue weighted by Crippen LogP contribution is -2.03. The van der Waals surface area contributed by atoms with E-state index in [0.717, 1.165) is 11.6 Å². The Hall–Kier alpha value is -1.77. The molecule has 0 aromatic heterocycles. The molecule has 0 saturated heterocycles. The predicted octanol–water partition coefficient (Wildman–Crippen LogP) is 4.24. The first-order chi connectivity index (χ1) is 9.63. The first-order valence-electron chi connectivity index (χ1n) is 5.56. The van der Waals surface area contributed by atoms with Crippen LogP contribution in [0.5, 0.6) is 5.75 Å². The Morgan fingerprint density at radius 3 is 2.60 bits per heavy atom. The fourth-order valence-electron chi connectivity index (χ4n) is 1.57. The summed E-state index contributed by atoms with van der Waals surface area (Å²) in [7, 11) is 0. The lowest BCUT2D eigenvalue weighted by Gasteiger charge is -2.11. The molecule has 7 heteroatoms. The number of hydrogen-bond donors (Lipinski definition) is 1. The van der Waals surface area contributed by atoms with Crippen molar-refractivity contribution < 1.29 is 13.5 Å². The molecule has 20 heavy (non-hydrogen) atoms. The molecule has 2 aromatic carbocycles. The number of hydrogen-bond acceptors (Lipinski definition) is 3. The third-order valence-electron chi connectivity index (χ3n) is 2.51. The molecular weight excluding hydrogens is 381 g/mol. The van der Waals surface area contributed by atoms with Gasteiger partial charge in [0.2, 0.25) is 0 Å². The summed E-state index contributed by atoms with van der Waals surface area (Å²) in [5, 5.41) is 2.39. The molecular formula is C13H9F2IN2O2. The van der Waals surface area contributed by atoms with Gasteiger partial charge in [0.05, 0.1) is 14.5 Å². The predicted molar refractivity (Wildman–Crippen MR) is 79.3 cm³/mol. The normalized spacial score (nSPS) is 10.2. The summed E-state index contributed by atoms with van der Waals surface area (Å²) in [5.74, 6) is -2.24. The summed E-state index contributed by atoms with van der Waals surface area (Å²) in [6.07, 6.45) is 0. The van der Waals surface area contributed by atoms with E-state index < -0.39 is 17.4 Å². The van der Waals surface area contributed by atoms with Crippen LogP contribution in [-0.2, 0) is 6.61 Å². The number of anilines is 1. The molecule has 0 amide bonds. The molecule has 1 N–H and O–H groups in total. The fourth-order valence-corrected chi connectivity index (χ4v) is 2.09. The first-order valence-corrected chi connectivity index (χ1v) is 6.64. The van der Waals surface area contributed by atoms with Crippen LogP contribution >= 0.6 is 22.6 Å². The Balaban J connectivity index is 2.24. The zero-order chi connectivity index (χ0) is 14.5. The van der Waals surface area contributed by atoms with Crippen LogP contribution in [0.15, 0.2) is 41.7 Å². The van der Waals surface area contributed by atoms with Crippen LogP contribution in [0.4, 0.5) is 14.5 Å². The number of rotatable bonds is 5. The smallest absolute Gasteiger partial charge is 0.192 e. The van der Waals surface area contributed by atoms with E-state index in [0.29, 0.717) is 0 Å². The average Bonchev–Trinajstić information content (AvgIpc) is 2.46. The Kier molecular flexibility index (Phi) is 4.83. The fraction of sp³-hybridized carbons (Fsp3) is 0.0769. The van der Waals surface area contributed by atoms with Crippen LogP contribution in [0, 0.1) is 20.1 Å². The van der Waals surface area contributed by atoms with Gasteiger partial charge in [-0.15, -0.1) is 4.91 Å². The molecule has 104 valence electrons. The van der Waals surface area contributed by atoms with Gasteiger partial charge < -0.3 is 4.74 Å². The number of nitroso groups, excluding NO2 is 1. The highest BCUT2D eigenvalue weighted by molar-refractivity contribution is 14.1. The van der Waals surface area contributed by atoms with Crippen molar-refractivity contribution in [1.82, 2.24) is 0 Å². The van der Waals surface area contributed by atoms with Crippen molar-refractivity contribution in [2.24, 2.45) is 5.29 Å². The van der Waals surface area contributed by atoms with Gasteiger partial charge >= 0.3 is 0 Å². The van der Waals surface area contributed by atoms with E-state index in [9.17, 15) is 13.7 Å². The number of benzene rings is 2. The van der Waals surface area contributed by atoms with Gasteiger partial charge in [0, 0.05) is 6.07 Å². The zero-order valence-corrected chi connectivity index (χ0v) is 12.2. The largest absolute Gasteiger partial charge is 0.483 e. The van der Waals surface area contributed by atoms with Crippen molar-refractivity contribution in [3.63, 3.8) is 0 Å². The van der Waals surface area contributed by atoms with E-state index in [2.05, 4.69) is 5.29 Å². The van der Waals surface area contributed by atoms with Crippen molar-refractivity contribution >= 4 is 28.3 Å². The second kappa shape index (κ2) is 6.60. The minimum Gasteiger partial charge on any atom is -0.483 e. The van der Waals surface area contributed by atoms with E-state index >= 15 is 0 Å². The maximum Gasteiger partial charge on any atom is 0.192 e. The minimum atomic E-state index is -0.898. The van der Waals surface area contributed by atoms with Gasteiger partial charge in [-0.1, -0.05) is 30.3 Å². The maximum atomic E-state index is 14.0. The molecule has 0 spiro atoms. The van der Waals surface area contributed by atoms with Gasteiger partial charge in [-0.2, -0.15) is 0 Å². The van der Waals surface area contributed by atoms with E-state index in [1.165, 1.54) is 0 Å². The lowest BCUT2D eigenvalue weighted by atomic mass is 10.2. The molecule has 0 aliphatic rings. The Bertz CT molecular complexity index is 624. The summed E-state index contributed by atoms with van der Waals surface area (Å²) in [5.41, 5.74) is 2.74. The van der Waals surface area contributed by atoms with Crippen molar-refractivity contribution in [1.29, 1.82) is 0 Å². The van der Waals surface area contributed by atoms with Gasteiger partial charge in [-0.25, -0.2) is 14.2 Å². The Morgan fingerprint density at radius 1 is 1.25 bits per heavy atom. The van der Waals surface area contributed by atoms with Gasteiger partial charge in [0.15, 0.2) is 17.4 Å². The molecule has 4 nitrogen and oxygen atoms in total. The second-order valence-corrected chi connectivity index (χ2v) is 4.92. The highest BCUT2D eigenvalue weighted by Crippen LogP contribution is 2.32. The van der Waals surface area contributed by atoms with Gasteiger partial charge in [0.25, 0.3) is 0 Å². The Labute approximate surface area is 127 Å². The van der Waals surface area contributed by atoms with Crippen LogP contribution < -0.4 is 10.2 Å². The van der Waals surface area contributed by atoms with Gasteiger partial charge in [-0.05, 0) is 28.2 Å². The van der Waals surface area contributed by atoms with Crippen LogP contribution in [0.2, 0.25) is 0 Å². The number of nitrogens with one attached hydrogen (secondary N) is 1. The summed E-state index contributed by atoms with van der Waals surface area (Å²) in [4.78, 5) is 10.1. The summed E-state index contributed by atoms with van der Waals surface area (Å²) in [6.45, 7) is 0.0451. The third kappa shape index (κ3) is 3.21. The van der Waals surface area contributed by atoms with E-state index in [1.807, 2.05) is 11.5 Å².